The third-order valence-electron chi connectivity index (χ3n) is 4.24. The molecule has 0 bridgehead atoms. The normalized spacial score (nSPS) is 27.0. The van der Waals surface area contributed by atoms with Crippen molar-refractivity contribution in [2.45, 2.75) is 38.6 Å². The number of hydrogen-bond donors (Lipinski definition) is 1. The van der Waals surface area contributed by atoms with E-state index < -0.39 is 0 Å². The summed E-state index contributed by atoms with van der Waals surface area (Å²) in [5.74, 6) is 1.14. The molecule has 0 amide bonds. The maximum Gasteiger partial charge on any atom is 0.156 e. The highest BCUT2D eigenvalue weighted by Crippen LogP contribution is 2.40. The van der Waals surface area contributed by atoms with Crippen LogP contribution in [0.4, 0.5) is 0 Å². The molecule has 1 atom stereocenters. The van der Waals surface area contributed by atoms with Gasteiger partial charge >= 0.3 is 0 Å². The van der Waals surface area contributed by atoms with Crippen LogP contribution in [0.15, 0.2) is 35.3 Å². The number of rotatable bonds is 4. The summed E-state index contributed by atoms with van der Waals surface area (Å²) in [6.45, 7) is 3.36. The zero-order chi connectivity index (χ0) is 13.1. The molecule has 3 rings (SSSR count). The third kappa shape index (κ3) is 3.33. The molecule has 2 nitrogen and oxygen atoms in total. The van der Waals surface area contributed by atoms with Crippen molar-refractivity contribution in [2.75, 3.05) is 12.3 Å². The summed E-state index contributed by atoms with van der Waals surface area (Å²) in [5.41, 5.74) is 1.90. The van der Waals surface area contributed by atoms with Crippen LogP contribution < -0.4 is 5.32 Å². The fourth-order valence-electron chi connectivity index (χ4n) is 2.74. The molecule has 1 aromatic carbocycles. The minimum Gasteiger partial charge on any atom is -0.361 e. The van der Waals surface area contributed by atoms with Gasteiger partial charge in [-0.2, -0.15) is 0 Å². The molecule has 0 aromatic heterocycles. The van der Waals surface area contributed by atoms with E-state index in [0.717, 1.165) is 23.9 Å². The van der Waals surface area contributed by atoms with Crippen molar-refractivity contribution in [2.24, 2.45) is 10.4 Å². The Labute approximate surface area is 120 Å². The number of nitrogens with zero attached hydrogens (tertiary/aromatic N) is 1. The smallest absolute Gasteiger partial charge is 0.156 e. The molecule has 19 heavy (non-hydrogen) atoms. The summed E-state index contributed by atoms with van der Waals surface area (Å²) in [6.07, 6.45) is 5.19. The predicted octanol–water partition coefficient (Wildman–Crippen LogP) is 3.48. The minimum atomic E-state index is 0.493. The number of hydrogen-bond acceptors (Lipinski definition) is 2. The van der Waals surface area contributed by atoms with Crippen LogP contribution in [0.25, 0.3) is 0 Å². The van der Waals surface area contributed by atoms with Gasteiger partial charge in [0.2, 0.25) is 0 Å². The molecule has 3 heteroatoms. The molecule has 0 radical (unpaired) electrons. The van der Waals surface area contributed by atoms with E-state index in [1.165, 1.54) is 24.8 Å². The Balaban J connectivity index is 1.51. The molecule has 1 unspecified atom stereocenters. The quantitative estimate of drug-likeness (QED) is 0.909. The van der Waals surface area contributed by atoms with Crippen molar-refractivity contribution in [3.8, 4) is 0 Å². The van der Waals surface area contributed by atoms with Crippen LogP contribution in [0.2, 0.25) is 0 Å². The monoisotopic (exact) mass is 274 g/mol. The van der Waals surface area contributed by atoms with Crippen LogP contribution in [0.1, 0.15) is 31.7 Å². The van der Waals surface area contributed by atoms with E-state index in [4.69, 9.17) is 4.99 Å². The van der Waals surface area contributed by atoms with Gasteiger partial charge in [0, 0.05) is 18.3 Å². The second-order valence-electron chi connectivity index (χ2n) is 6.13. The molecule has 1 aromatic rings. The van der Waals surface area contributed by atoms with Gasteiger partial charge in [0.1, 0.15) is 0 Å². The van der Waals surface area contributed by atoms with Gasteiger partial charge in [0.15, 0.2) is 5.17 Å². The second-order valence-corrected chi connectivity index (χ2v) is 7.14. The second kappa shape index (κ2) is 5.58. The SMILES string of the molecule is CC1(CN=C2NC(Cc3ccccc3)CS2)CCC1. The lowest BCUT2D eigenvalue weighted by atomic mass is 9.71. The summed E-state index contributed by atoms with van der Waals surface area (Å²) in [7, 11) is 0. The van der Waals surface area contributed by atoms with E-state index >= 15 is 0 Å². The van der Waals surface area contributed by atoms with E-state index in [9.17, 15) is 0 Å². The number of nitrogens with one attached hydrogen (secondary N) is 1. The first-order chi connectivity index (χ1) is 9.23. The molecule has 2 aliphatic rings. The highest BCUT2D eigenvalue weighted by Gasteiger charge is 2.32. The van der Waals surface area contributed by atoms with Crippen molar-refractivity contribution >= 4 is 16.9 Å². The lowest BCUT2D eigenvalue weighted by Gasteiger charge is -2.36. The molecule has 1 heterocycles. The average molecular weight is 274 g/mol. The topological polar surface area (TPSA) is 24.4 Å². The maximum atomic E-state index is 4.78. The van der Waals surface area contributed by atoms with Crippen molar-refractivity contribution < 1.29 is 0 Å². The lowest BCUT2D eigenvalue weighted by molar-refractivity contribution is 0.174. The Morgan fingerprint density at radius 3 is 2.79 bits per heavy atom. The maximum absolute atomic E-state index is 4.78. The van der Waals surface area contributed by atoms with Gasteiger partial charge in [0.25, 0.3) is 0 Å². The van der Waals surface area contributed by atoms with E-state index in [1.807, 2.05) is 11.8 Å². The molecule has 1 saturated heterocycles. The van der Waals surface area contributed by atoms with Gasteiger partial charge in [0.05, 0.1) is 0 Å². The molecule has 1 N–H and O–H groups in total. The highest BCUT2D eigenvalue weighted by atomic mass is 32.2. The Morgan fingerprint density at radius 2 is 2.11 bits per heavy atom. The van der Waals surface area contributed by atoms with Gasteiger partial charge in [-0.3, -0.25) is 4.99 Å². The largest absolute Gasteiger partial charge is 0.361 e. The van der Waals surface area contributed by atoms with Crippen LogP contribution >= 0.6 is 11.8 Å². The van der Waals surface area contributed by atoms with Crippen LogP contribution in [0.5, 0.6) is 0 Å². The molecule has 0 spiro atoms. The Bertz CT molecular complexity index is 451. The fraction of sp³-hybridized carbons (Fsp3) is 0.562. The van der Waals surface area contributed by atoms with E-state index in [1.54, 1.807) is 0 Å². The highest BCUT2D eigenvalue weighted by molar-refractivity contribution is 8.14. The molecule has 2 fully saturated rings. The minimum absolute atomic E-state index is 0.493. The van der Waals surface area contributed by atoms with Crippen LogP contribution in [0, 0.1) is 5.41 Å². The first-order valence-electron chi connectivity index (χ1n) is 7.21. The Hall–Kier alpha value is -0.960. The van der Waals surface area contributed by atoms with Crippen LogP contribution in [-0.4, -0.2) is 23.5 Å². The standard InChI is InChI=1S/C16H22N2S/c1-16(8-5-9-16)12-17-15-18-14(11-19-15)10-13-6-3-2-4-7-13/h2-4,6-7,14H,5,8-12H2,1H3,(H,17,18). The van der Waals surface area contributed by atoms with Gasteiger partial charge in [-0.15, -0.1) is 0 Å². The predicted molar refractivity (Wildman–Crippen MR) is 83.8 cm³/mol. The molecular formula is C16H22N2S. The molecule has 102 valence electrons. The van der Waals surface area contributed by atoms with Gasteiger partial charge < -0.3 is 5.32 Å². The Morgan fingerprint density at radius 1 is 1.32 bits per heavy atom. The molecular weight excluding hydrogens is 252 g/mol. The van der Waals surface area contributed by atoms with E-state index in [-0.39, 0.29) is 0 Å². The van der Waals surface area contributed by atoms with Gasteiger partial charge in [-0.05, 0) is 30.2 Å². The van der Waals surface area contributed by atoms with Crippen molar-refractivity contribution in [3.05, 3.63) is 35.9 Å². The first kappa shape index (κ1) is 13.0. The third-order valence-corrected chi connectivity index (χ3v) is 5.33. The van der Waals surface area contributed by atoms with Crippen LogP contribution in [-0.2, 0) is 6.42 Å². The molecule has 1 aliphatic heterocycles. The summed E-state index contributed by atoms with van der Waals surface area (Å²) >= 11 is 1.88. The molecule has 1 saturated carbocycles. The zero-order valence-electron chi connectivity index (χ0n) is 11.6. The van der Waals surface area contributed by atoms with E-state index in [2.05, 4.69) is 42.6 Å². The first-order valence-corrected chi connectivity index (χ1v) is 8.20. The number of aliphatic imine (C=N–C) groups is 1. The van der Waals surface area contributed by atoms with Gasteiger partial charge in [-0.1, -0.05) is 55.4 Å². The lowest BCUT2D eigenvalue weighted by Crippen LogP contribution is -2.32. The summed E-state index contributed by atoms with van der Waals surface area (Å²) in [4.78, 5) is 4.78. The van der Waals surface area contributed by atoms with Gasteiger partial charge in [-0.25, -0.2) is 0 Å². The van der Waals surface area contributed by atoms with Crippen LogP contribution in [0.3, 0.4) is 0 Å². The summed E-state index contributed by atoms with van der Waals surface area (Å²) in [6, 6.07) is 11.3. The number of amidine groups is 1. The zero-order valence-corrected chi connectivity index (χ0v) is 12.4. The fourth-order valence-corrected chi connectivity index (χ4v) is 3.70. The van der Waals surface area contributed by atoms with Crippen molar-refractivity contribution in [1.82, 2.24) is 5.32 Å². The summed E-state index contributed by atoms with van der Waals surface area (Å²) in [5, 5.41) is 4.73. The van der Waals surface area contributed by atoms with E-state index in [0.29, 0.717) is 11.5 Å². The van der Waals surface area contributed by atoms with Crippen molar-refractivity contribution in [1.29, 1.82) is 0 Å². The number of thioether (sulfide) groups is 1. The molecule has 1 aliphatic carbocycles. The van der Waals surface area contributed by atoms with Crippen molar-refractivity contribution in [3.63, 3.8) is 0 Å². The Kier molecular flexibility index (Phi) is 3.83. The summed E-state index contributed by atoms with van der Waals surface area (Å²) < 4.78 is 0. The number of benzene rings is 1. The average Bonchev–Trinajstić information content (AvgIpc) is 2.83.